The van der Waals surface area contributed by atoms with Gasteiger partial charge < -0.3 is 10.7 Å². The molecule has 0 unspecified atom stereocenters. The van der Waals surface area contributed by atoms with Gasteiger partial charge in [0.2, 0.25) is 0 Å². The molecule has 0 atom stereocenters. The summed E-state index contributed by atoms with van der Waals surface area (Å²) in [5, 5.41) is 2.18. The van der Waals surface area contributed by atoms with Gasteiger partial charge >= 0.3 is 0 Å². The summed E-state index contributed by atoms with van der Waals surface area (Å²) in [4.78, 5) is 3.22. The number of fused-ring (bicyclic) bond motifs is 1. The monoisotopic (exact) mass is 208 g/mol. The molecule has 0 spiro atoms. The zero-order valence-electron chi connectivity index (χ0n) is 6.78. The molecule has 3 N–H and O–H groups in total. The van der Waals surface area contributed by atoms with Crippen molar-refractivity contribution in [2.75, 3.05) is 0 Å². The summed E-state index contributed by atoms with van der Waals surface area (Å²) in [5.41, 5.74) is 6.53. The molecule has 0 amide bonds. The molecule has 0 aliphatic rings. The molecule has 2 rings (SSSR count). The van der Waals surface area contributed by atoms with Gasteiger partial charge in [0.25, 0.3) is 0 Å². The highest BCUT2D eigenvalue weighted by Crippen LogP contribution is 2.22. The Morgan fingerprint density at radius 1 is 1.38 bits per heavy atom. The lowest BCUT2D eigenvalue weighted by atomic mass is 10.3. The number of aromatic nitrogens is 1. The Morgan fingerprint density at radius 3 is 2.85 bits per heavy atom. The summed E-state index contributed by atoms with van der Waals surface area (Å²) in [5.74, 6) is 0. The number of H-pyrrole nitrogens is 1. The minimum absolute atomic E-state index is 0.437. The van der Waals surface area contributed by atoms with Crippen molar-refractivity contribution in [2.24, 2.45) is 5.73 Å². The number of benzene rings is 1. The standard InChI is InChI=1S/C9H8N2S2/c10-9(12)13-8-5-6-3-1-2-4-7(6)11-8/h1-5,11H,(H2,10,12). The van der Waals surface area contributed by atoms with E-state index in [2.05, 4.69) is 11.1 Å². The predicted molar refractivity (Wildman–Crippen MR) is 60.9 cm³/mol. The van der Waals surface area contributed by atoms with Crippen LogP contribution in [-0.2, 0) is 0 Å². The van der Waals surface area contributed by atoms with Crippen LogP contribution in [0.3, 0.4) is 0 Å². The van der Waals surface area contributed by atoms with Crippen molar-refractivity contribution in [3.05, 3.63) is 30.3 Å². The SMILES string of the molecule is NC(=S)Sc1cc2ccccc2[nH]1. The molecule has 0 aliphatic heterocycles. The van der Waals surface area contributed by atoms with Crippen molar-refractivity contribution in [3.8, 4) is 0 Å². The molecule has 0 saturated heterocycles. The van der Waals surface area contributed by atoms with E-state index in [4.69, 9.17) is 18.0 Å². The third-order valence-corrected chi connectivity index (χ3v) is 2.61. The van der Waals surface area contributed by atoms with E-state index in [-0.39, 0.29) is 0 Å². The van der Waals surface area contributed by atoms with Gasteiger partial charge in [0, 0.05) is 10.9 Å². The van der Waals surface area contributed by atoms with E-state index in [9.17, 15) is 0 Å². The van der Waals surface area contributed by atoms with Gasteiger partial charge in [0.1, 0.15) is 4.32 Å². The molecule has 0 fully saturated rings. The van der Waals surface area contributed by atoms with Crippen molar-refractivity contribution < 1.29 is 0 Å². The number of thioether (sulfide) groups is 1. The van der Waals surface area contributed by atoms with E-state index in [0.717, 1.165) is 10.5 Å². The molecule has 0 radical (unpaired) electrons. The molecule has 0 aliphatic carbocycles. The second-order valence-electron chi connectivity index (χ2n) is 2.64. The van der Waals surface area contributed by atoms with Gasteiger partial charge in [0.15, 0.2) is 0 Å². The highest BCUT2D eigenvalue weighted by Gasteiger charge is 2.00. The fraction of sp³-hybridized carbons (Fsp3) is 0. The van der Waals surface area contributed by atoms with Crippen molar-refractivity contribution in [1.82, 2.24) is 4.98 Å². The third kappa shape index (κ3) is 1.84. The van der Waals surface area contributed by atoms with Gasteiger partial charge in [-0.15, -0.1) is 0 Å². The van der Waals surface area contributed by atoms with Gasteiger partial charge in [-0.05, 0) is 23.9 Å². The quantitative estimate of drug-likeness (QED) is 0.559. The minimum Gasteiger partial charge on any atom is -0.384 e. The lowest BCUT2D eigenvalue weighted by Gasteiger charge is -1.91. The second-order valence-corrected chi connectivity index (χ2v) is 4.42. The number of para-hydroxylation sites is 1. The van der Waals surface area contributed by atoms with Crippen LogP contribution in [0.2, 0.25) is 0 Å². The Balaban J connectivity index is 2.44. The lowest BCUT2D eigenvalue weighted by Crippen LogP contribution is -2.00. The first-order valence-corrected chi connectivity index (χ1v) is 5.03. The lowest BCUT2D eigenvalue weighted by molar-refractivity contribution is 1.25. The number of hydrogen-bond donors (Lipinski definition) is 2. The van der Waals surface area contributed by atoms with Crippen LogP contribution in [-0.4, -0.2) is 9.30 Å². The molecule has 2 nitrogen and oxygen atoms in total. The van der Waals surface area contributed by atoms with Crippen LogP contribution in [0.5, 0.6) is 0 Å². The van der Waals surface area contributed by atoms with Crippen molar-refractivity contribution in [1.29, 1.82) is 0 Å². The first kappa shape index (κ1) is 8.59. The molecule has 0 bridgehead atoms. The maximum atomic E-state index is 5.42. The van der Waals surface area contributed by atoms with E-state index in [1.54, 1.807) is 0 Å². The molecule has 1 heterocycles. The molecule has 2 aromatic rings. The van der Waals surface area contributed by atoms with Crippen LogP contribution in [0.25, 0.3) is 10.9 Å². The number of thiocarbonyl (C=S) groups is 1. The maximum Gasteiger partial charge on any atom is 0.137 e. The number of nitrogens with one attached hydrogen (secondary N) is 1. The highest BCUT2D eigenvalue weighted by molar-refractivity contribution is 8.22. The number of aromatic amines is 1. The molecule has 13 heavy (non-hydrogen) atoms. The molecule has 4 heteroatoms. The molecule has 0 saturated carbocycles. The summed E-state index contributed by atoms with van der Waals surface area (Å²) < 4.78 is 0.437. The van der Waals surface area contributed by atoms with E-state index in [1.807, 2.05) is 24.3 Å². The fourth-order valence-electron chi connectivity index (χ4n) is 1.21. The van der Waals surface area contributed by atoms with Crippen LogP contribution in [0.1, 0.15) is 0 Å². The Hall–Kier alpha value is -1.00. The van der Waals surface area contributed by atoms with Crippen molar-refractivity contribution in [2.45, 2.75) is 5.03 Å². The Kier molecular flexibility index (Phi) is 2.24. The van der Waals surface area contributed by atoms with Gasteiger partial charge in [-0.2, -0.15) is 0 Å². The van der Waals surface area contributed by atoms with Crippen LogP contribution in [0.15, 0.2) is 35.4 Å². The van der Waals surface area contributed by atoms with Crippen LogP contribution < -0.4 is 5.73 Å². The first-order chi connectivity index (χ1) is 6.25. The molecule has 1 aromatic carbocycles. The number of nitrogens with two attached hydrogens (primary N) is 1. The average molecular weight is 208 g/mol. The normalized spacial score (nSPS) is 10.5. The van der Waals surface area contributed by atoms with Gasteiger partial charge in [-0.1, -0.05) is 30.4 Å². The number of hydrogen-bond acceptors (Lipinski definition) is 2. The zero-order chi connectivity index (χ0) is 9.26. The highest BCUT2D eigenvalue weighted by atomic mass is 32.2. The average Bonchev–Trinajstić information content (AvgIpc) is 2.44. The molecular weight excluding hydrogens is 200 g/mol. The topological polar surface area (TPSA) is 41.8 Å². The maximum absolute atomic E-state index is 5.42. The van der Waals surface area contributed by atoms with Crippen molar-refractivity contribution >= 4 is 39.2 Å². The van der Waals surface area contributed by atoms with E-state index < -0.39 is 0 Å². The Bertz CT molecular complexity index is 415. The van der Waals surface area contributed by atoms with Crippen LogP contribution in [0, 0.1) is 0 Å². The number of rotatable bonds is 1. The fourth-order valence-corrected chi connectivity index (χ4v) is 2.04. The minimum atomic E-state index is 0.437. The van der Waals surface area contributed by atoms with Gasteiger partial charge in [-0.3, -0.25) is 0 Å². The molecule has 1 aromatic heterocycles. The summed E-state index contributed by atoms with van der Waals surface area (Å²) in [6.45, 7) is 0. The van der Waals surface area contributed by atoms with Gasteiger partial charge in [0.05, 0.1) is 5.03 Å². The molecular formula is C9H8N2S2. The van der Waals surface area contributed by atoms with Crippen molar-refractivity contribution in [3.63, 3.8) is 0 Å². The third-order valence-electron chi connectivity index (χ3n) is 1.72. The second kappa shape index (κ2) is 3.40. The zero-order valence-corrected chi connectivity index (χ0v) is 8.41. The summed E-state index contributed by atoms with van der Waals surface area (Å²) in [6, 6.07) is 10.1. The summed E-state index contributed by atoms with van der Waals surface area (Å²) in [6.07, 6.45) is 0. The smallest absolute Gasteiger partial charge is 0.137 e. The summed E-state index contributed by atoms with van der Waals surface area (Å²) in [7, 11) is 0. The summed E-state index contributed by atoms with van der Waals surface area (Å²) >= 11 is 6.18. The predicted octanol–water partition coefficient (Wildman–Crippen LogP) is 2.50. The first-order valence-electron chi connectivity index (χ1n) is 3.81. The molecule has 66 valence electrons. The van der Waals surface area contributed by atoms with Gasteiger partial charge in [-0.25, -0.2) is 0 Å². The van der Waals surface area contributed by atoms with Crippen LogP contribution in [0.4, 0.5) is 0 Å². The van der Waals surface area contributed by atoms with E-state index in [1.165, 1.54) is 17.1 Å². The van der Waals surface area contributed by atoms with Crippen LogP contribution >= 0.6 is 24.0 Å². The van der Waals surface area contributed by atoms with E-state index in [0.29, 0.717) is 4.32 Å². The largest absolute Gasteiger partial charge is 0.384 e. The Labute approximate surface area is 85.5 Å². The Morgan fingerprint density at radius 2 is 2.15 bits per heavy atom. The van der Waals surface area contributed by atoms with E-state index >= 15 is 0 Å².